The first-order valence-corrected chi connectivity index (χ1v) is 4.63. The van der Waals surface area contributed by atoms with Gasteiger partial charge < -0.3 is 5.73 Å². The summed E-state index contributed by atoms with van der Waals surface area (Å²) >= 11 is 5.66. The lowest BCUT2D eigenvalue weighted by Gasteiger charge is -2.07. The molecule has 6 N–H and O–H groups in total. The van der Waals surface area contributed by atoms with Crippen molar-refractivity contribution in [3.63, 3.8) is 0 Å². The molecule has 0 unspecified atom stereocenters. The third-order valence-corrected chi connectivity index (χ3v) is 1.86. The fourth-order valence-electron chi connectivity index (χ4n) is 0.953. The molecule has 0 saturated heterocycles. The molecule has 1 rings (SSSR count). The molecular formula is C9H10ClN5O. The van der Waals surface area contributed by atoms with Crippen LogP contribution in [0.2, 0.25) is 5.02 Å². The van der Waals surface area contributed by atoms with Gasteiger partial charge in [-0.25, -0.2) is 0 Å². The molecule has 1 aromatic rings. The van der Waals surface area contributed by atoms with Gasteiger partial charge in [-0.05, 0) is 24.3 Å². The smallest absolute Gasteiger partial charge is 0.257 e. The van der Waals surface area contributed by atoms with Crippen molar-refractivity contribution in [3.05, 3.63) is 34.9 Å². The Balaban J connectivity index is 2.62. The van der Waals surface area contributed by atoms with Gasteiger partial charge in [-0.15, -0.1) is 0 Å². The molecule has 0 saturated carbocycles. The molecule has 84 valence electrons. The fourth-order valence-corrected chi connectivity index (χ4v) is 1.08. The molecule has 0 heterocycles. The Hall–Kier alpha value is -2.08. The van der Waals surface area contributed by atoms with Crippen LogP contribution in [0.5, 0.6) is 0 Å². The van der Waals surface area contributed by atoms with Gasteiger partial charge in [0.15, 0.2) is 5.96 Å². The van der Waals surface area contributed by atoms with E-state index in [-0.39, 0.29) is 5.96 Å². The second-order valence-electron chi connectivity index (χ2n) is 2.87. The van der Waals surface area contributed by atoms with E-state index in [0.717, 1.165) is 0 Å². The average molecular weight is 240 g/mol. The van der Waals surface area contributed by atoms with E-state index in [1.807, 2.05) is 0 Å². The molecule has 0 bridgehead atoms. The molecule has 0 aliphatic rings. The Bertz CT molecular complexity index is 428. The zero-order valence-corrected chi connectivity index (χ0v) is 8.93. The van der Waals surface area contributed by atoms with Gasteiger partial charge in [0, 0.05) is 10.6 Å². The second kappa shape index (κ2) is 5.13. The predicted octanol–water partition coefficient (Wildman–Crippen LogP) is 0.488. The van der Waals surface area contributed by atoms with Crippen molar-refractivity contribution in [2.24, 2.45) is 5.73 Å². The van der Waals surface area contributed by atoms with Crippen molar-refractivity contribution in [1.29, 1.82) is 10.8 Å². The van der Waals surface area contributed by atoms with Crippen LogP contribution in [0.4, 0.5) is 0 Å². The van der Waals surface area contributed by atoms with E-state index < -0.39 is 11.9 Å². The summed E-state index contributed by atoms with van der Waals surface area (Å²) in [6.07, 6.45) is 0. The number of nitrogens with one attached hydrogen (secondary N) is 4. The number of halogens is 1. The average Bonchev–Trinajstić information content (AvgIpc) is 2.16. The van der Waals surface area contributed by atoms with Crippen LogP contribution in [0.15, 0.2) is 24.3 Å². The van der Waals surface area contributed by atoms with Gasteiger partial charge in [0.2, 0.25) is 5.96 Å². The standard InChI is InChI=1S/C9H10ClN5O/c10-6-3-1-5(2-4-6)7(16)14-9(13)15-8(11)12/h1-4H,(H6,11,12,13,14,15,16). The maximum absolute atomic E-state index is 11.5. The summed E-state index contributed by atoms with van der Waals surface area (Å²) in [6, 6.07) is 6.19. The normalized spacial score (nSPS) is 9.31. The highest BCUT2D eigenvalue weighted by Gasteiger charge is 2.07. The van der Waals surface area contributed by atoms with Crippen LogP contribution in [0.1, 0.15) is 10.4 Å². The highest BCUT2D eigenvalue weighted by molar-refractivity contribution is 6.30. The summed E-state index contributed by atoms with van der Waals surface area (Å²) in [7, 11) is 0. The number of carbonyl (C=O) groups is 1. The molecule has 0 aliphatic carbocycles. The lowest BCUT2D eigenvalue weighted by molar-refractivity contribution is 0.0976. The van der Waals surface area contributed by atoms with E-state index in [4.69, 9.17) is 28.2 Å². The molecule has 7 heteroatoms. The SMILES string of the molecule is N=C(N)NC(=N)NC(=O)c1ccc(Cl)cc1. The minimum Gasteiger partial charge on any atom is -0.370 e. The van der Waals surface area contributed by atoms with Crippen molar-refractivity contribution >= 4 is 29.4 Å². The largest absolute Gasteiger partial charge is 0.370 e. The summed E-state index contributed by atoms with van der Waals surface area (Å²) in [5, 5.41) is 19.0. The monoisotopic (exact) mass is 239 g/mol. The lowest BCUT2D eigenvalue weighted by Crippen LogP contribution is -2.45. The van der Waals surface area contributed by atoms with Crippen LogP contribution in [-0.4, -0.2) is 17.8 Å². The Morgan fingerprint density at radius 1 is 1.19 bits per heavy atom. The zero-order chi connectivity index (χ0) is 12.1. The molecule has 0 atom stereocenters. The summed E-state index contributed by atoms with van der Waals surface area (Å²) in [6.45, 7) is 0. The third-order valence-electron chi connectivity index (χ3n) is 1.60. The highest BCUT2D eigenvalue weighted by Crippen LogP contribution is 2.08. The van der Waals surface area contributed by atoms with E-state index in [9.17, 15) is 4.79 Å². The number of amides is 1. The minimum absolute atomic E-state index is 0.354. The molecule has 1 aromatic carbocycles. The minimum atomic E-state index is -0.476. The van der Waals surface area contributed by atoms with Crippen LogP contribution in [0, 0.1) is 10.8 Å². The van der Waals surface area contributed by atoms with Gasteiger partial charge in [-0.3, -0.25) is 26.2 Å². The Kier molecular flexibility index (Phi) is 3.84. The van der Waals surface area contributed by atoms with Gasteiger partial charge in [-0.1, -0.05) is 11.6 Å². The van der Waals surface area contributed by atoms with Crippen LogP contribution < -0.4 is 16.4 Å². The first kappa shape index (κ1) is 12.0. The number of rotatable bonds is 1. The van der Waals surface area contributed by atoms with Crippen LogP contribution >= 0.6 is 11.6 Å². The third kappa shape index (κ3) is 3.58. The molecule has 0 fully saturated rings. The number of benzene rings is 1. The molecule has 0 aliphatic heterocycles. The van der Waals surface area contributed by atoms with Crippen LogP contribution in [0.3, 0.4) is 0 Å². The van der Waals surface area contributed by atoms with Crippen molar-refractivity contribution in [2.75, 3.05) is 0 Å². The summed E-state index contributed by atoms with van der Waals surface area (Å²) in [5.74, 6) is -1.25. The number of hydrogen-bond acceptors (Lipinski definition) is 3. The van der Waals surface area contributed by atoms with Gasteiger partial charge in [0.1, 0.15) is 0 Å². The van der Waals surface area contributed by atoms with Crippen LogP contribution in [-0.2, 0) is 0 Å². The quantitative estimate of drug-likeness (QED) is 0.363. The molecule has 6 nitrogen and oxygen atoms in total. The van der Waals surface area contributed by atoms with Crippen molar-refractivity contribution < 1.29 is 4.79 Å². The van der Waals surface area contributed by atoms with Crippen molar-refractivity contribution in [2.45, 2.75) is 0 Å². The maximum atomic E-state index is 11.5. The molecule has 1 amide bonds. The molecular weight excluding hydrogens is 230 g/mol. The number of hydrogen-bond donors (Lipinski definition) is 5. The van der Waals surface area contributed by atoms with Crippen molar-refractivity contribution in [1.82, 2.24) is 10.6 Å². The summed E-state index contributed by atoms with van der Waals surface area (Å²) < 4.78 is 0. The molecule has 16 heavy (non-hydrogen) atoms. The summed E-state index contributed by atoms with van der Waals surface area (Å²) in [4.78, 5) is 11.5. The molecule has 0 aromatic heterocycles. The van der Waals surface area contributed by atoms with Gasteiger partial charge in [-0.2, -0.15) is 0 Å². The lowest BCUT2D eigenvalue weighted by atomic mass is 10.2. The number of nitrogens with two attached hydrogens (primary N) is 1. The second-order valence-corrected chi connectivity index (χ2v) is 3.31. The fraction of sp³-hybridized carbons (Fsp3) is 0. The topological polar surface area (TPSA) is 115 Å². The van der Waals surface area contributed by atoms with Crippen LogP contribution in [0.25, 0.3) is 0 Å². The van der Waals surface area contributed by atoms with E-state index >= 15 is 0 Å². The Morgan fingerprint density at radius 2 is 1.75 bits per heavy atom. The molecule has 0 spiro atoms. The first-order chi connectivity index (χ1) is 7.49. The number of guanidine groups is 2. The van der Waals surface area contributed by atoms with E-state index in [2.05, 4.69) is 10.6 Å². The zero-order valence-electron chi connectivity index (χ0n) is 8.17. The van der Waals surface area contributed by atoms with E-state index in [1.165, 1.54) is 12.1 Å². The van der Waals surface area contributed by atoms with Crippen molar-refractivity contribution in [3.8, 4) is 0 Å². The number of carbonyl (C=O) groups excluding carboxylic acids is 1. The highest BCUT2D eigenvalue weighted by atomic mass is 35.5. The summed E-state index contributed by atoms with van der Waals surface area (Å²) in [5.41, 5.74) is 5.35. The van der Waals surface area contributed by atoms with E-state index in [0.29, 0.717) is 10.6 Å². The van der Waals surface area contributed by atoms with Gasteiger partial charge >= 0.3 is 0 Å². The van der Waals surface area contributed by atoms with Gasteiger partial charge in [0.05, 0.1) is 0 Å². The predicted molar refractivity (Wildman–Crippen MR) is 61.7 cm³/mol. The van der Waals surface area contributed by atoms with Gasteiger partial charge in [0.25, 0.3) is 5.91 Å². The molecule has 0 radical (unpaired) electrons. The van der Waals surface area contributed by atoms with E-state index in [1.54, 1.807) is 12.1 Å². The maximum Gasteiger partial charge on any atom is 0.257 e. The Labute approximate surface area is 96.8 Å². The first-order valence-electron chi connectivity index (χ1n) is 4.25. The Morgan fingerprint density at radius 3 is 2.25 bits per heavy atom.